The van der Waals surface area contributed by atoms with Crippen LogP contribution in [0.25, 0.3) is 0 Å². The lowest BCUT2D eigenvalue weighted by Crippen LogP contribution is -2.35. The summed E-state index contributed by atoms with van der Waals surface area (Å²) >= 11 is 0. The van der Waals surface area contributed by atoms with Gasteiger partial charge in [0.25, 0.3) is 11.6 Å². The molecule has 2 amide bonds. The SMILES string of the molecule is Cc1cc(C(=O)N(C)CC(=O)Nc2ccc(OC(F)(F)F)cc2)ccc1[N+](=O)[O-]. The van der Waals surface area contributed by atoms with Crippen LogP contribution in [0, 0.1) is 17.0 Å². The number of carbonyl (C=O) groups excluding carboxylic acids is 2. The van der Waals surface area contributed by atoms with Crippen molar-refractivity contribution in [2.75, 3.05) is 18.9 Å². The van der Waals surface area contributed by atoms with Crippen LogP contribution in [0.3, 0.4) is 0 Å². The number of hydrogen-bond acceptors (Lipinski definition) is 5. The molecule has 0 aliphatic heterocycles. The average molecular weight is 411 g/mol. The van der Waals surface area contributed by atoms with Gasteiger partial charge in [0.2, 0.25) is 5.91 Å². The lowest BCUT2D eigenvalue weighted by molar-refractivity contribution is -0.385. The lowest BCUT2D eigenvalue weighted by Gasteiger charge is -2.17. The highest BCUT2D eigenvalue weighted by Gasteiger charge is 2.31. The van der Waals surface area contributed by atoms with Gasteiger partial charge in [0.15, 0.2) is 0 Å². The van der Waals surface area contributed by atoms with Gasteiger partial charge in [0.1, 0.15) is 5.75 Å². The Morgan fingerprint density at radius 3 is 2.31 bits per heavy atom. The first-order valence-electron chi connectivity index (χ1n) is 8.12. The van der Waals surface area contributed by atoms with E-state index in [0.717, 1.165) is 17.0 Å². The van der Waals surface area contributed by atoms with E-state index in [9.17, 15) is 32.9 Å². The van der Waals surface area contributed by atoms with Gasteiger partial charge in [0.05, 0.1) is 11.5 Å². The summed E-state index contributed by atoms with van der Waals surface area (Å²) in [6.45, 7) is 1.16. The summed E-state index contributed by atoms with van der Waals surface area (Å²) in [5, 5.41) is 13.3. The van der Waals surface area contributed by atoms with E-state index in [4.69, 9.17) is 0 Å². The number of nitro benzene ring substituents is 1. The van der Waals surface area contributed by atoms with Crippen LogP contribution in [0.5, 0.6) is 5.75 Å². The molecule has 154 valence electrons. The predicted molar refractivity (Wildman–Crippen MR) is 96.5 cm³/mol. The van der Waals surface area contributed by atoms with Crippen molar-refractivity contribution in [1.82, 2.24) is 4.90 Å². The van der Waals surface area contributed by atoms with Crippen molar-refractivity contribution in [3.63, 3.8) is 0 Å². The summed E-state index contributed by atoms with van der Waals surface area (Å²) in [5.74, 6) is -1.53. The minimum Gasteiger partial charge on any atom is -0.406 e. The van der Waals surface area contributed by atoms with Crippen LogP contribution in [0.2, 0.25) is 0 Å². The highest BCUT2D eigenvalue weighted by atomic mass is 19.4. The minimum absolute atomic E-state index is 0.125. The molecular formula is C18H16F3N3O5. The molecule has 0 aliphatic carbocycles. The minimum atomic E-state index is -4.82. The maximum Gasteiger partial charge on any atom is 0.573 e. The van der Waals surface area contributed by atoms with Crippen molar-refractivity contribution < 1.29 is 32.4 Å². The predicted octanol–water partition coefficient (Wildman–Crippen LogP) is 3.51. The Kier molecular flexibility index (Phi) is 6.42. The molecule has 0 radical (unpaired) electrons. The van der Waals surface area contributed by atoms with E-state index in [2.05, 4.69) is 10.1 Å². The average Bonchev–Trinajstić information content (AvgIpc) is 2.61. The molecule has 8 nitrogen and oxygen atoms in total. The summed E-state index contributed by atoms with van der Waals surface area (Å²) in [7, 11) is 1.37. The Hall–Kier alpha value is -3.63. The molecule has 2 aromatic rings. The maximum absolute atomic E-state index is 12.4. The van der Waals surface area contributed by atoms with E-state index in [1.54, 1.807) is 0 Å². The van der Waals surface area contributed by atoms with Gasteiger partial charge in [-0.1, -0.05) is 0 Å². The molecule has 0 saturated heterocycles. The molecule has 0 spiro atoms. The smallest absolute Gasteiger partial charge is 0.406 e. The van der Waals surface area contributed by atoms with E-state index < -0.39 is 28.8 Å². The zero-order chi connectivity index (χ0) is 21.8. The van der Waals surface area contributed by atoms with Crippen molar-refractivity contribution in [3.8, 4) is 5.75 Å². The van der Waals surface area contributed by atoms with Gasteiger partial charge in [-0.3, -0.25) is 19.7 Å². The zero-order valence-corrected chi connectivity index (χ0v) is 15.3. The van der Waals surface area contributed by atoms with E-state index in [0.29, 0.717) is 5.56 Å². The molecule has 0 saturated carbocycles. The Morgan fingerprint density at radius 1 is 1.17 bits per heavy atom. The van der Waals surface area contributed by atoms with Crippen LogP contribution in [0.1, 0.15) is 15.9 Å². The van der Waals surface area contributed by atoms with Crippen molar-refractivity contribution >= 4 is 23.2 Å². The van der Waals surface area contributed by atoms with Crippen molar-refractivity contribution in [1.29, 1.82) is 0 Å². The Morgan fingerprint density at radius 2 is 1.79 bits per heavy atom. The summed E-state index contributed by atoms with van der Waals surface area (Å²) < 4.78 is 40.1. The normalized spacial score (nSPS) is 10.9. The van der Waals surface area contributed by atoms with Crippen molar-refractivity contribution in [2.24, 2.45) is 0 Å². The summed E-state index contributed by atoms with van der Waals surface area (Å²) in [6.07, 6.45) is -4.82. The second-order valence-electron chi connectivity index (χ2n) is 6.04. The number of ether oxygens (including phenoxy) is 1. The van der Waals surface area contributed by atoms with Crippen LogP contribution >= 0.6 is 0 Å². The molecule has 0 aromatic heterocycles. The van der Waals surface area contributed by atoms with Crippen LogP contribution in [0.15, 0.2) is 42.5 Å². The summed E-state index contributed by atoms with van der Waals surface area (Å²) in [4.78, 5) is 35.9. The highest BCUT2D eigenvalue weighted by molar-refractivity contribution is 5.99. The zero-order valence-electron chi connectivity index (χ0n) is 15.3. The standard InChI is InChI=1S/C18H16F3N3O5/c1-11-9-12(3-8-15(11)24(27)28)17(26)23(2)10-16(25)22-13-4-6-14(7-5-13)29-18(19,20)21/h3-9H,10H2,1-2H3,(H,22,25). The fourth-order valence-electron chi connectivity index (χ4n) is 2.44. The second-order valence-corrected chi connectivity index (χ2v) is 6.04. The summed E-state index contributed by atoms with van der Waals surface area (Å²) in [6, 6.07) is 8.38. The Bertz CT molecular complexity index is 929. The first kappa shape index (κ1) is 21.7. The number of anilines is 1. The van der Waals surface area contributed by atoms with Gasteiger partial charge >= 0.3 is 6.36 Å². The van der Waals surface area contributed by atoms with Gasteiger partial charge < -0.3 is 15.0 Å². The number of nitrogens with one attached hydrogen (secondary N) is 1. The number of nitro groups is 1. The molecule has 0 unspecified atom stereocenters. The molecule has 0 aliphatic rings. The molecule has 0 heterocycles. The number of halogens is 3. The van der Waals surface area contributed by atoms with Crippen LogP contribution < -0.4 is 10.1 Å². The van der Waals surface area contributed by atoms with Gasteiger partial charge in [-0.15, -0.1) is 13.2 Å². The Balaban J connectivity index is 1.97. The van der Waals surface area contributed by atoms with Crippen molar-refractivity contribution in [2.45, 2.75) is 13.3 Å². The molecule has 0 atom stereocenters. The monoisotopic (exact) mass is 411 g/mol. The number of likely N-dealkylation sites (N-methyl/N-ethyl adjacent to an activating group) is 1. The van der Waals surface area contributed by atoms with Gasteiger partial charge in [-0.2, -0.15) is 0 Å². The quantitative estimate of drug-likeness (QED) is 0.579. The molecule has 2 rings (SSSR count). The second kappa shape index (κ2) is 8.59. The number of alkyl halides is 3. The molecular weight excluding hydrogens is 395 g/mol. The van der Waals surface area contributed by atoms with E-state index in [-0.39, 0.29) is 23.5 Å². The molecule has 1 N–H and O–H groups in total. The third-order valence-electron chi connectivity index (χ3n) is 3.74. The van der Waals surface area contributed by atoms with Gasteiger partial charge in [-0.05, 0) is 43.3 Å². The molecule has 11 heteroatoms. The number of carbonyl (C=O) groups is 2. The molecule has 29 heavy (non-hydrogen) atoms. The number of rotatable bonds is 6. The highest BCUT2D eigenvalue weighted by Crippen LogP contribution is 2.24. The van der Waals surface area contributed by atoms with Crippen LogP contribution in [0.4, 0.5) is 24.5 Å². The maximum atomic E-state index is 12.4. The number of hydrogen-bond donors (Lipinski definition) is 1. The van der Waals surface area contributed by atoms with Crippen molar-refractivity contribution in [3.05, 3.63) is 63.7 Å². The topological polar surface area (TPSA) is 102 Å². The first-order valence-corrected chi connectivity index (χ1v) is 8.12. The van der Waals surface area contributed by atoms with Crippen LogP contribution in [-0.2, 0) is 4.79 Å². The number of nitrogens with zero attached hydrogens (tertiary/aromatic N) is 2. The molecule has 0 fully saturated rings. The van der Waals surface area contributed by atoms with Gasteiger partial charge in [-0.25, -0.2) is 0 Å². The summed E-state index contributed by atoms with van der Waals surface area (Å²) in [5.41, 5.74) is 0.577. The fraction of sp³-hybridized carbons (Fsp3) is 0.222. The molecule has 2 aromatic carbocycles. The third kappa shape index (κ3) is 6.19. The molecule has 0 bridgehead atoms. The number of aryl methyl sites for hydroxylation is 1. The first-order chi connectivity index (χ1) is 13.5. The van der Waals surface area contributed by atoms with Gasteiger partial charge in [0, 0.05) is 29.9 Å². The Labute approximate surface area is 163 Å². The fourth-order valence-corrected chi connectivity index (χ4v) is 2.44. The largest absolute Gasteiger partial charge is 0.573 e. The lowest BCUT2D eigenvalue weighted by atomic mass is 10.1. The number of benzene rings is 2. The third-order valence-corrected chi connectivity index (χ3v) is 3.74. The number of amides is 2. The van der Waals surface area contributed by atoms with Crippen LogP contribution in [-0.4, -0.2) is 41.6 Å². The van der Waals surface area contributed by atoms with E-state index in [1.807, 2.05) is 0 Å². The van der Waals surface area contributed by atoms with E-state index in [1.165, 1.54) is 44.3 Å². The van der Waals surface area contributed by atoms with E-state index >= 15 is 0 Å².